The van der Waals surface area contributed by atoms with Crippen LogP contribution in [0, 0.1) is 0 Å². The molecule has 0 aromatic heterocycles. The van der Waals surface area contributed by atoms with Crippen LogP contribution < -0.4 is 9.80 Å². The van der Waals surface area contributed by atoms with Gasteiger partial charge in [-0.25, -0.2) is 4.79 Å². The first kappa shape index (κ1) is 20.4. The Morgan fingerprint density at radius 2 is 1.61 bits per heavy atom. The summed E-state index contributed by atoms with van der Waals surface area (Å²) < 4.78 is 11.9. The van der Waals surface area contributed by atoms with Crippen LogP contribution in [0.25, 0.3) is 0 Å². The van der Waals surface area contributed by atoms with Gasteiger partial charge in [-0.15, -0.1) is 0 Å². The van der Waals surface area contributed by atoms with Crippen LogP contribution in [0.2, 0.25) is 0 Å². The molecule has 4 heterocycles. The van der Waals surface area contributed by atoms with E-state index in [2.05, 4.69) is 0 Å². The second kappa shape index (κ2) is 8.11. The van der Waals surface area contributed by atoms with Gasteiger partial charge in [-0.1, -0.05) is 0 Å². The molecule has 160 valence electrons. The van der Waals surface area contributed by atoms with Crippen molar-refractivity contribution in [1.29, 1.82) is 0 Å². The fourth-order valence-corrected chi connectivity index (χ4v) is 5.92. The number of amides is 1. The maximum atomic E-state index is 12.3. The van der Waals surface area contributed by atoms with Gasteiger partial charge in [0.1, 0.15) is 11.6 Å². The minimum Gasteiger partial charge on any atom is -0.444 e. The van der Waals surface area contributed by atoms with E-state index in [4.69, 9.17) is 9.47 Å². The van der Waals surface area contributed by atoms with Crippen molar-refractivity contribution in [3.05, 3.63) is 0 Å². The Morgan fingerprint density at radius 3 is 2.21 bits per heavy atom. The summed E-state index contributed by atoms with van der Waals surface area (Å²) in [7, 11) is 0. The molecule has 1 amide bonds. The summed E-state index contributed by atoms with van der Waals surface area (Å²) >= 11 is 0. The average molecular weight is 396 g/mol. The van der Waals surface area contributed by atoms with Crippen molar-refractivity contribution in [1.82, 2.24) is 4.90 Å². The highest BCUT2D eigenvalue weighted by Gasteiger charge is 2.48. The molecule has 0 aromatic carbocycles. The van der Waals surface area contributed by atoms with Crippen molar-refractivity contribution in [2.45, 2.75) is 89.0 Å². The zero-order chi connectivity index (χ0) is 19.8. The quantitative estimate of drug-likeness (QED) is 0.706. The molecule has 1 atom stereocenters. The summed E-state index contributed by atoms with van der Waals surface area (Å²) in [6, 6.07) is 1.57. The lowest BCUT2D eigenvalue weighted by atomic mass is 9.86. The number of piperidine rings is 2. The van der Waals surface area contributed by atoms with E-state index in [1.807, 2.05) is 30.6 Å². The van der Waals surface area contributed by atoms with Crippen molar-refractivity contribution in [3.63, 3.8) is 0 Å². The number of quaternary nitrogens is 2. The number of nitrogens with zero attached hydrogens (tertiary/aromatic N) is 1. The highest BCUT2D eigenvalue weighted by Crippen LogP contribution is 2.35. The monoisotopic (exact) mass is 395 g/mol. The molecule has 2 N–H and O–H groups in total. The number of nitrogens with one attached hydrogen (secondary N) is 2. The van der Waals surface area contributed by atoms with Gasteiger partial charge in [0.05, 0.1) is 44.4 Å². The lowest BCUT2D eigenvalue weighted by Crippen LogP contribution is -3.21. The van der Waals surface area contributed by atoms with Crippen LogP contribution >= 0.6 is 0 Å². The number of hydrogen-bond donors (Lipinski definition) is 2. The van der Waals surface area contributed by atoms with Crippen LogP contribution in [0.4, 0.5) is 4.79 Å². The van der Waals surface area contributed by atoms with E-state index in [0.717, 1.165) is 38.6 Å². The number of hydrogen-bond acceptors (Lipinski definition) is 3. The van der Waals surface area contributed by atoms with Crippen molar-refractivity contribution in [2.75, 3.05) is 45.9 Å². The summed E-state index contributed by atoms with van der Waals surface area (Å²) in [5, 5.41) is 0. The molecule has 4 fully saturated rings. The van der Waals surface area contributed by atoms with E-state index in [1.165, 1.54) is 58.3 Å². The van der Waals surface area contributed by atoms with Crippen LogP contribution in [0.5, 0.6) is 0 Å². The van der Waals surface area contributed by atoms with Gasteiger partial charge in [-0.05, 0) is 33.6 Å². The molecule has 1 spiro atoms. The van der Waals surface area contributed by atoms with Crippen LogP contribution in [0.3, 0.4) is 0 Å². The van der Waals surface area contributed by atoms with Gasteiger partial charge < -0.3 is 24.2 Å². The predicted molar refractivity (Wildman–Crippen MR) is 108 cm³/mol. The van der Waals surface area contributed by atoms with Crippen LogP contribution in [0.15, 0.2) is 0 Å². The van der Waals surface area contributed by atoms with E-state index < -0.39 is 5.60 Å². The number of carbonyl (C=O) groups is 1. The zero-order valence-electron chi connectivity index (χ0n) is 18.2. The Labute approximate surface area is 170 Å². The summed E-state index contributed by atoms with van der Waals surface area (Å²) in [4.78, 5) is 17.9. The van der Waals surface area contributed by atoms with Crippen molar-refractivity contribution >= 4 is 6.09 Å². The molecule has 0 unspecified atom stereocenters. The van der Waals surface area contributed by atoms with E-state index in [9.17, 15) is 4.79 Å². The van der Waals surface area contributed by atoms with E-state index >= 15 is 0 Å². The SMILES string of the molecule is CC(C)(C)OC(=O)N1CCC2(CC1)C[C@H]([NH+]1CCC([NH+]3CCCC3)CC1)CO2. The van der Waals surface area contributed by atoms with E-state index in [1.54, 1.807) is 4.90 Å². The average Bonchev–Trinajstić information content (AvgIpc) is 3.32. The lowest BCUT2D eigenvalue weighted by molar-refractivity contribution is -0.962. The Kier molecular flexibility index (Phi) is 5.92. The van der Waals surface area contributed by atoms with Crippen molar-refractivity contribution in [3.8, 4) is 0 Å². The summed E-state index contributed by atoms with van der Waals surface area (Å²) in [6.45, 7) is 13.7. The van der Waals surface area contributed by atoms with Gasteiger partial charge in [0.2, 0.25) is 0 Å². The first-order valence-electron chi connectivity index (χ1n) is 11.6. The first-order chi connectivity index (χ1) is 13.3. The largest absolute Gasteiger partial charge is 0.444 e. The third-order valence-electron chi connectivity index (χ3n) is 7.56. The third-order valence-corrected chi connectivity index (χ3v) is 7.56. The molecule has 0 bridgehead atoms. The fourth-order valence-electron chi connectivity index (χ4n) is 5.92. The second-order valence-electron chi connectivity index (χ2n) is 10.7. The molecular formula is C22H41N3O3+2. The van der Waals surface area contributed by atoms with Crippen LogP contribution in [0.1, 0.15) is 65.7 Å². The maximum absolute atomic E-state index is 12.3. The van der Waals surface area contributed by atoms with Crippen LogP contribution in [-0.2, 0) is 9.47 Å². The molecule has 4 aliphatic rings. The minimum atomic E-state index is -0.423. The molecule has 28 heavy (non-hydrogen) atoms. The lowest BCUT2D eigenvalue weighted by Gasteiger charge is -2.39. The number of carbonyl (C=O) groups excluding carboxylic acids is 1. The standard InChI is InChI=1S/C22H39N3O3/c1-21(2,3)28-20(26)25-14-8-22(9-15-25)16-19(17-27-22)24-12-6-18(7-13-24)23-10-4-5-11-23/h18-19H,4-17H2,1-3H3/p+2/t19-/m0/s1. The topological polar surface area (TPSA) is 47.6 Å². The van der Waals surface area contributed by atoms with Gasteiger partial charge in [-0.2, -0.15) is 0 Å². The molecule has 6 heteroatoms. The fraction of sp³-hybridized carbons (Fsp3) is 0.955. The van der Waals surface area contributed by atoms with Crippen LogP contribution in [-0.4, -0.2) is 80.2 Å². The van der Waals surface area contributed by atoms with Gasteiger partial charge in [0, 0.05) is 45.2 Å². The molecule has 4 aliphatic heterocycles. The summed E-state index contributed by atoms with van der Waals surface area (Å²) in [6.07, 6.45) is 8.55. The number of ether oxygens (including phenoxy) is 2. The molecular weight excluding hydrogens is 354 g/mol. The van der Waals surface area contributed by atoms with Crippen molar-refractivity contribution in [2.24, 2.45) is 0 Å². The van der Waals surface area contributed by atoms with Crippen molar-refractivity contribution < 1.29 is 24.1 Å². The van der Waals surface area contributed by atoms with E-state index in [-0.39, 0.29) is 11.7 Å². The third kappa shape index (κ3) is 4.65. The van der Waals surface area contributed by atoms with E-state index in [0.29, 0.717) is 6.04 Å². The number of likely N-dealkylation sites (tertiary alicyclic amines) is 3. The Balaban J connectivity index is 1.23. The number of rotatable bonds is 2. The first-order valence-corrected chi connectivity index (χ1v) is 11.6. The molecule has 0 aromatic rings. The second-order valence-corrected chi connectivity index (χ2v) is 10.7. The molecule has 4 saturated heterocycles. The van der Waals surface area contributed by atoms with Gasteiger partial charge >= 0.3 is 6.09 Å². The molecule has 6 nitrogen and oxygen atoms in total. The Hall–Kier alpha value is -0.850. The summed E-state index contributed by atoms with van der Waals surface area (Å²) in [5.74, 6) is 0. The Bertz CT molecular complexity index is 540. The highest BCUT2D eigenvalue weighted by molar-refractivity contribution is 5.68. The molecule has 0 saturated carbocycles. The predicted octanol–water partition coefficient (Wildman–Crippen LogP) is 0.271. The molecule has 4 rings (SSSR count). The van der Waals surface area contributed by atoms with Gasteiger partial charge in [0.15, 0.2) is 0 Å². The Morgan fingerprint density at radius 1 is 1.00 bits per heavy atom. The zero-order valence-corrected chi connectivity index (χ0v) is 18.2. The maximum Gasteiger partial charge on any atom is 0.410 e. The van der Waals surface area contributed by atoms with Gasteiger partial charge in [-0.3, -0.25) is 0 Å². The molecule has 0 radical (unpaired) electrons. The van der Waals surface area contributed by atoms with Gasteiger partial charge in [0.25, 0.3) is 0 Å². The molecule has 0 aliphatic carbocycles. The smallest absolute Gasteiger partial charge is 0.410 e. The minimum absolute atomic E-state index is 0.00717. The normalized spacial score (nSPS) is 34.1. The summed E-state index contributed by atoms with van der Waals surface area (Å²) in [5.41, 5.74) is -0.416. The highest BCUT2D eigenvalue weighted by atomic mass is 16.6.